The predicted octanol–water partition coefficient (Wildman–Crippen LogP) is 3.77. The Bertz CT molecular complexity index is 940. The Morgan fingerprint density at radius 2 is 2.03 bits per heavy atom. The third-order valence-electron chi connectivity index (χ3n) is 5.56. The van der Waals surface area contributed by atoms with E-state index in [0.717, 1.165) is 50.0 Å². The van der Waals surface area contributed by atoms with E-state index in [9.17, 15) is 15.2 Å². The van der Waals surface area contributed by atoms with E-state index in [1.54, 1.807) is 6.07 Å². The summed E-state index contributed by atoms with van der Waals surface area (Å²) in [6.07, 6.45) is 3.34. The highest BCUT2D eigenvalue weighted by Gasteiger charge is 2.22. The molecule has 3 rings (SSSR count). The summed E-state index contributed by atoms with van der Waals surface area (Å²) in [5.74, 6) is 0.595. The van der Waals surface area contributed by atoms with Gasteiger partial charge in [-0.3, -0.25) is 10.1 Å². The van der Waals surface area contributed by atoms with Gasteiger partial charge in [-0.25, -0.2) is 4.98 Å². The number of nitrogens with zero attached hydrogens (tertiary/aromatic N) is 4. The van der Waals surface area contributed by atoms with E-state index in [1.807, 2.05) is 10.6 Å². The SMILES string of the molecule is CCN(CC)C[C@@H](O)Cn1c(-c2cccc([N+](=O)[O-])c2)nc(=S)c2c1CCCC2. The average Bonchev–Trinajstić information content (AvgIpc) is 2.74. The minimum Gasteiger partial charge on any atom is -0.390 e. The second kappa shape index (κ2) is 9.56. The van der Waals surface area contributed by atoms with Gasteiger partial charge in [0, 0.05) is 35.5 Å². The van der Waals surface area contributed by atoms with Crippen LogP contribution in [0.1, 0.15) is 37.9 Å². The molecule has 1 aliphatic rings. The summed E-state index contributed by atoms with van der Waals surface area (Å²) in [7, 11) is 0. The zero-order chi connectivity index (χ0) is 21.0. The van der Waals surface area contributed by atoms with Gasteiger partial charge in [0.2, 0.25) is 0 Å². The third-order valence-corrected chi connectivity index (χ3v) is 5.90. The zero-order valence-corrected chi connectivity index (χ0v) is 17.8. The highest BCUT2D eigenvalue weighted by atomic mass is 32.1. The van der Waals surface area contributed by atoms with E-state index >= 15 is 0 Å². The average molecular weight is 417 g/mol. The summed E-state index contributed by atoms with van der Waals surface area (Å²) in [6.45, 7) is 6.85. The van der Waals surface area contributed by atoms with Gasteiger partial charge in [0.25, 0.3) is 5.69 Å². The number of likely N-dealkylation sites (N-methyl/N-ethyl adjacent to an activating group) is 1. The Balaban J connectivity index is 2.08. The number of non-ortho nitro benzene ring substituents is 1. The van der Waals surface area contributed by atoms with Crippen LogP contribution in [0.5, 0.6) is 0 Å². The molecule has 0 fully saturated rings. The molecule has 1 atom stereocenters. The first kappa shape index (κ1) is 21.5. The molecule has 156 valence electrons. The van der Waals surface area contributed by atoms with Crippen LogP contribution >= 0.6 is 12.2 Å². The minimum atomic E-state index is -0.568. The van der Waals surface area contributed by atoms with Crippen molar-refractivity contribution in [3.05, 3.63) is 50.3 Å². The monoisotopic (exact) mass is 416 g/mol. The van der Waals surface area contributed by atoms with Crippen LogP contribution in [0.25, 0.3) is 11.4 Å². The molecule has 0 bridgehead atoms. The molecule has 0 aliphatic heterocycles. The molecule has 0 saturated heterocycles. The number of rotatable bonds is 8. The van der Waals surface area contributed by atoms with Crippen molar-refractivity contribution in [2.75, 3.05) is 19.6 Å². The first-order valence-corrected chi connectivity index (χ1v) is 10.6. The predicted molar refractivity (Wildman–Crippen MR) is 116 cm³/mol. The smallest absolute Gasteiger partial charge is 0.270 e. The van der Waals surface area contributed by atoms with Crippen molar-refractivity contribution in [2.24, 2.45) is 0 Å². The highest BCUT2D eigenvalue weighted by Crippen LogP contribution is 2.29. The Labute approximate surface area is 176 Å². The van der Waals surface area contributed by atoms with Gasteiger partial charge in [0.15, 0.2) is 0 Å². The van der Waals surface area contributed by atoms with E-state index in [4.69, 9.17) is 12.2 Å². The number of benzene rings is 1. The Hall–Kier alpha value is -2.16. The molecule has 0 saturated carbocycles. The largest absolute Gasteiger partial charge is 0.390 e. The van der Waals surface area contributed by atoms with Gasteiger partial charge in [-0.1, -0.05) is 38.2 Å². The van der Waals surface area contributed by atoms with Crippen molar-refractivity contribution in [1.82, 2.24) is 14.5 Å². The normalized spacial score (nSPS) is 14.6. The number of nitro benzene ring substituents is 1. The molecule has 1 aromatic carbocycles. The van der Waals surface area contributed by atoms with Gasteiger partial charge >= 0.3 is 0 Å². The van der Waals surface area contributed by atoms with Crippen LogP contribution in [0.3, 0.4) is 0 Å². The highest BCUT2D eigenvalue weighted by molar-refractivity contribution is 7.71. The lowest BCUT2D eigenvalue weighted by atomic mass is 9.96. The first-order chi connectivity index (χ1) is 13.9. The fourth-order valence-corrected chi connectivity index (χ4v) is 4.30. The summed E-state index contributed by atoms with van der Waals surface area (Å²) in [4.78, 5) is 17.7. The summed E-state index contributed by atoms with van der Waals surface area (Å²) < 4.78 is 2.60. The molecule has 1 aromatic heterocycles. The number of hydrogen-bond acceptors (Lipinski definition) is 6. The maximum absolute atomic E-state index is 11.2. The van der Waals surface area contributed by atoms with Crippen molar-refractivity contribution >= 4 is 17.9 Å². The Morgan fingerprint density at radius 1 is 1.31 bits per heavy atom. The molecule has 7 nitrogen and oxygen atoms in total. The van der Waals surface area contributed by atoms with E-state index in [2.05, 4.69) is 23.7 Å². The Morgan fingerprint density at radius 3 is 2.72 bits per heavy atom. The van der Waals surface area contributed by atoms with Crippen LogP contribution in [0, 0.1) is 14.8 Å². The molecule has 0 amide bonds. The molecular formula is C21H28N4O3S. The molecule has 2 aromatic rings. The molecule has 1 heterocycles. The van der Waals surface area contributed by atoms with Crippen LogP contribution < -0.4 is 0 Å². The number of fused-ring (bicyclic) bond motifs is 1. The van der Waals surface area contributed by atoms with Gasteiger partial charge < -0.3 is 14.6 Å². The van der Waals surface area contributed by atoms with E-state index in [-0.39, 0.29) is 5.69 Å². The van der Waals surface area contributed by atoms with Gasteiger partial charge in [-0.2, -0.15) is 0 Å². The second-order valence-electron chi connectivity index (χ2n) is 7.43. The lowest BCUT2D eigenvalue weighted by molar-refractivity contribution is -0.384. The quantitative estimate of drug-likeness (QED) is 0.401. The molecule has 0 radical (unpaired) electrons. The van der Waals surface area contributed by atoms with Crippen molar-refractivity contribution in [2.45, 2.75) is 52.2 Å². The lowest BCUT2D eigenvalue weighted by Crippen LogP contribution is -2.35. The molecule has 0 spiro atoms. The summed E-state index contributed by atoms with van der Waals surface area (Å²) in [6, 6.07) is 6.47. The maximum atomic E-state index is 11.2. The van der Waals surface area contributed by atoms with E-state index in [0.29, 0.717) is 29.1 Å². The summed E-state index contributed by atoms with van der Waals surface area (Å²) >= 11 is 5.56. The summed E-state index contributed by atoms with van der Waals surface area (Å²) in [5, 5.41) is 22.0. The van der Waals surface area contributed by atoms with Gasteiger partial charge in [0.1, 0.15) is 10.5 Å². The molecule has 29 heavy (non-hydrogen) atoms. The molecule has 0 unspecified atom stereocenters. The Kier molecular flexibility index (Phi) is 7.10. The van der Waals surface area contributed by atoms with E-state index < -0.39 is 11.0 Å². The molecular weight excluding hydrogens is 388 g/mol. The van der Waals surface area contributed by atoms with Crippen molar-refractivity contribution < 1.29 is 10.0 Å². The van der Waals surface area contributed by atoms with Crippen LogP contribution in [0.2, 0.25) is 0 Å². The van der Waals surface area contributed by atoms with Gasteiger partial charge in [-0.05, 0) is 38.8 Å². The zero-order valence-electron chi connectivity index (χ0n) is 17.0. The summed E-state index contributed by atoms with van der Waals surface area (Å²) in [5.41, 5.74) is 2.85. The molecule has 8 heteroatoms. The number of aliphatic hydroxyl groups is 1. The van der Waals surface area contributed by atoms with Crippen LogP contribution in [-0.2, 0) is 19.4 Å². The topological polar surface area (TPSA) is 84.4 Å². The fourth-order valence-electron chi connectivity index (χ4n) is 3.99. The van der Waals surface area contributed by atoms with Crippen molar-refractivity contribution in [1.29, 1.82) is 0 Å². The number of aliphatic hydroxyl groups excluding tert-OH is 1. The van der Waals surface area contributed by atoms with Gasteiger partial charge in [-0.15, -0.1) is 0 Å². The second-order valence-corrected chi connectivity index (χ2v) is 7.82. The number of hydrogen-bond donors (Lipinski definition) is 1. The standard InChI is InChI=1S/C21H28N4O3S/c1-3-23(4-2)13-17(26)14-24-19-11-6-5-10-18(19)21(29)22-20(24)15-8-7-9-16(12-15)25(27)28/h7-9,12,17,26H,3-6,10-11,13-14H2,1-2H3/t17-/m1/s1. The van der Waals surface area contributed by atoms with Crippen LogP contribution in [0.4, 0.5) is 5.69 Å². The van der Waals surface area contributed by atoms with Crippen molar-refractivity contribution in [3.63, 3.8) is 0 Å². The fraction of sp³-hybridized carbons (Fsp3) is 0.524. The lowest BCUT2D eigenvalue weighted by Gasteiger charge is -2.28. The third kappa shape index (κ3) is 4.88. The maximum Gasteiger partial charge on any atom is 0.270 e. The van der Waals surface area contributed by atoms with E-state index in [1.165, 1.54) is 12.1 Å². The van der Waals surface area contributed by atoms with Crippen LogP contribution in [-0.4, -0.2) is 50.2 Å². The first-order valence-electron chi connectivity index (χ1n) is 10.2. The molecule has 1 N–H and O–H groups in total. The van der Waals surface area contributed by atoms with Crippen molar-refractivity contribution in [3.8, 4) is 11.4 Å². The number of aromatic nitrogens is 2. The van der Waals surface area contributed by atoms with Gasteiger partial charge in [0.05, 0.1) is 17.6 Å². The van der Waals surface area contributed by atoms with Crippen LogP contribution in [0.15, 0.2) is 24.3 Å². The minimum absolute atomic E-state index is 0.0168. The number of nitro groups is 1. The molecule has 1 aliphatic carbocycles.